The Morgan fingerprint density at radius 1 is 1.41 bits per heavy atom. The van der Waals surface area contributed by atoms with Crippen LogP contribution in [-0.2, 0) is 11.2 Å². The van der Waals surface area contributed by atoms with Gasteiger partial charge in [-0.1, -0.05) is 6.08 Å². The van der Waals surface area contributed by atoms with E-state index in [9.17, 15) is 0 Å². The van der Waals surface area contributed by atoms with Crippen LogP contribution < -0.4 is 4.90 Å². The van der Waals surface area contributed by atoms with Gasteiger partial charge in [0.2, 0.25) is 0 Å². The lowest BCUT2D eigenvalue weighted by Gasteiger charge is -2.24. The number of aromatic nitrogens is 1. The summed E-state index contributed by atoms with van der Waals surface area (Å²) in [5, 5.41) is 0. The third kappa shape index (κ3) is 1.75. The summed E-state index contributed by atoms with van der Waals surface area (Å²) < 4.78 is 5.40. The van der Waals surface area contributed by atoms with Gasteiger partial charge < -0.3 is 9.64 Å². The summed E-state index contributed by atoms with van der Waals surface area (Å²) in [5.74, 6) is 0. The van der Waals surface area contributed by atoms with Crippen molar-refractivity contribution in [2.75, 3.05) is 24.7 Å². The summed E-state index contributed by atoms with van der Waals surface area (Å²) in [6.45, 7) is 7.04. The van der Waals surface area contributed by atoms with Gasteiger partial charge >= 0.3 is 0 Å². The Labute approximate surface area is 102 Å². The Kier molecular flexibility index (Phi) is 2.63. The van der Waals surface area contributed by atoms with Crippen molar-refractivity contribution >= 4 is 11.3 Å². The highest BCUT2D eigenvalue weighted by Gasteiger charge is 2.25. The summed E-state index contributed by atoms with van der Waals surface area (Å²) >= 11 is 0. The van der Waals surface area contributed by atoms with Gasteiger partial charge in [-0.05, 0) is 26.3 Å². The number of hydrogen-bond donors (Lipinski definition) is 0. The molecule has 0 spiro atoms. The molecule has 2 aliphatic rings. The minimum atomic E-state index is 0.556. The fourth-order valence-electron chi connectivity index (χ4n) is 2.72. The molecule has 0 aromatic carbocycles. The van der Waals surface area contributed by atoms with E-state index in [0.29, 0.717) is 12.6 Å². The summed E-state index contributed by atoms with van der Waals surface area (Å²) in [7, 11) is 0. The largest absolute Gasteiger partial charge is 0.373 e. The Morgan fingerprint density at radius 3 is 3.00 bits per heavy atom. The van der Waals surface area contributed by atoms with Crippen LogP contribution in [0.1, 0.15) is 25.1 Å². The van der Waals surface area contributed by atoms with Crippen molar-refractivity contribution in [1.82, 2.24) is 4.98 Å². The molecule has 0 atom stereocenters. The number of ether oxygens (including phenoxy) is 1. The summed E-state index contributed by atoms with van der Waals surface area (Å²) in [5.41, 5.74) is 5.17. The normalized spacial score (nSPS) is 18.8. The first-order valence-corrected chi connectivity index (χ1v) is 6.29. The van der Waals surface area contributed by atoms with Crippen LogP contribution in [0.15, 0.2) is 18.3 Å². The van der Waals surface area contributed by atoms with E-state index in [1.807, 2.05) is 6.20 Å². The highest BCUT2D eigenvalue weighted by molar-refractivity contribution is 5.74. The number of nitrogens with zero attached hydrogens (tertiary/aromatic N) is 2. The van der Waals surface area contributed by atoms with Crippen LogP contribution in [0.4, 0.5) is 5.69 Å². The molecule has 1 aromatic heterocycles. The van der Waals surface area contributed by atoms with Crippen LogP contribution in [0.2, 0.25) is 0 Å². The number of rotatable bonds is 2. The predicted octanol–water partition coefficient (Wildman–Crippen LogP) is 2.27. The van der Waals surface area contributed by atoms with Crippen LogP contribution in [0.5, 0.6) is 0 Å². The second-order valence-corrected chi connectivity index (χ2v) is 4.94. The molecule has 17 heavy (non-hydrogen) atoms. The lowest BCUT2D eigenvalue weighted by molar-refractivity contribution is 0.216. The minimum absolute atomic E-state index is 0.556. The van der Waals surface area contributed by atoms with Gasteiger partial charge in [0.1, 0.15) is 0 Å². The molecule has 1 aromatic rings. The molecule has 0 fully saturated rings. The highest BCUT2D eigenvalue weighted by Crippen LogP contribution is 2.34. The Morgan fingerprint density at radius 2 is 2.29 bits per heavy atom. The second-order valence-electron chi connectivity index (χ2n) is 4.94. The first-order valence-electron chi connectivity index (χ1n) is 6.29. The van der Waals surface area contributed by atoms with Crippen LogP contribution >= 0.6 is 0 Å². The molecule has 3 heterocycles. The zero-order valence-electron chi connectivity index (χ0n) is 10.4. The Hall–Kier alpha value is -1.35. The molecule has 0 N–H and O–H groups in total. The van der Waals surface area contributed by atoms with E-state index >= 15 is 0 Å². The molecule has 0 unspecified atom stereocenters. The summed E-state index contributed by atoms with van der Waals surface area (Å²) in [4.78, 5) is 7.01. The van der Waals surface area contributed by atoms with E-state index in [0.717, 1.165) is 25.3 Å². The van der Waals surface area contributed by atoms with Crippen molar-refractivity contribution in [3.63, 3.8) is 0 Å². The van der Waals surface area contributed by atoms with E-state index in [4.69, 9.17) is 4.74 Å². The minimum Gasteiger partial charge on any atom is -0.373 e. The first-order chi connectivity index (χ1) is 8.27. The number of pyridine rings is 1. The van der Waals surface area contributed by atoms with Crippen molar-refractivity contribution in [2.24, 2.45) is 0 Å². The fraction of sp³-hybridized carbons (Fsp3) is 0.500. The second kappa shape index (κ2) is 4.15. The van der Waals surface area contributed by atoms with Crippen LogP contribution in [0.3, 0.4) is 0 Å². The molecule has 2 aliphatic heterocycles. The Balaban J connectivity index is 2.03. The third-order valence-corrected chi connectivity index (χ3v) is 3.58. The maximum absolute atomic E-state index is 5.40. The van der Waals surface area contributed by atoms with Crippen molar-refractivity contribution in [2.45, 2.75) is 26.3 Å². The van der Waals surface area contributed by atoms with E-state index in [2.05, 4.69) is 35.9 Å². The summed E-state index contributed by atoms with van der Waals surface area (Å²) in [6, 6.07) is 2.70. The molecule has 0 radical (unpaired) electrons. The summed E-state index contributed by atoms with van der Waals surface area (Å²) in [6.07, 6.45) is 5.18. The predicted molar refractivity (Wildman–Crippen MR) is 69.2 cm³/mol. The van der Waals surface area contributed by atoms with Crippen LogP contribution in [0, 0.1) is 0 Å². The van der Waals surface area contributed by atoms with Crippen molar-refractivity contribution in [3.8, 4) is 0 Å². The van der Waals surface area contributed by atoms with E-state index in [1.54, 1.807) is 0 Å². The lowest BCUT2D eigenvalue weighted by Crippen LogP contribution is -2.28. The van der Waals surface area contributed by atoms with E-state index in [1.165, 1.54) is 16.8 Å². The topological polar surface area (TPSA) is 25.4 Å². The van der Waals surface area contributed by atoms with Gasteiger partial charge in [-0.3, -0.25) is 4.98 Å². The quantitative estimate of drug-likeness (QED) is 0.779. The maximum Gasteiger partial charge on any atom is 0.0740 e. The Bertz CT molecular complexity index is 465. The molecule has 90 valence electrons. The highest BCUT2D eigenvalue weighted by atomic mass is 16.5. The van der Waals surface area contributed by atoms with Crippen molar-refractivity contribution < 1.29 is 4.74 Å². The van der Waals surface area contributed by atoms with Gasteiger partial charge in [0.05, 0.1) is 18.9 Å². The molecule has 0 saturated carbocycles. The monoisotopic (exact) mass is 230 g/mol. The zero-order valence-corrected chi connectivity index (χ0v) is 10.4. The maximum atomic E-state index is 5.40. The van der Waals surface area contributed by atoms with Gasteiger partial charge in [-0.15, -0.1) is 0 Å². The zero-order chi connectivity index (χ0) is 11.8. The van der Waals surface area contributed by atoms with Gasteiger partial charge in [0, 0.05) is 35.6 Å². The number of hydrogen-bond acceptors (Lipinski definition) is 3. The average molecular weight is 230 g/mol. The van der Waals surface area contributed by atoms with Gasteiger partial charge in [0.15, 0.2) is 0 Å². The molecule has 0 bridgehead atoms. The SMILES string of the molecule is CC(C)N1CCc2c1ccnc2C1=CCOC1. The van der Waals surface area contributed by atoms with Crippen molar-refractivity contribution in [3.05, 3.63) is 29.6 Å². The third-order valence-electron chi connectivity index (χ3n) is 3.58. The number of anilines is 1. The smallest absolute Gasteiger partial charge is 0.0740 e. The molecule has 3 rings (SSSR count). The fourth-order valence-corrected chi connectivity index (χ4v) is 2.72. The number of fused-ring (bicyclic) bond motifs is 1. The van der Waals surface area contributed by atoms with Crippen molar-refractivity contribution in [1.29, 1.82) is 0 Å². The molecule has 0 saturated heterocycles. The molecule has 0 amide bonds. The first kappa shape index (κ1) is 10.8. The van der Waals surface area contributed by atoms with Gasteiger partial charge in [-0.2, -0.15) is 0 Å². The van der Waals surface area contributed by atoms with Gasteiger partial charge in [0.25, 0.3) is 0 Å². The van der Waals surface area contributed by atoms with Crippen LogP contribution in [0.25, 0.3) is 5.57 Å². The lowest BCUT2D eigenvalue weighted by atomic mass is 10.0. The van der Waals surface area contributed by atoms with Crippen LogP contribution in [-0.4, -0.2) is 30.8 Å². The molecule has 3 nitrogen and oxygen atoms in total. The molecular weight excluding hydrogens is 212 g/mol. The standard InChI is InChI=1S/C14H18N2O/c1-10(2)16-7-4-12-13(16)3-6-15-14(12)11-5-8-17-9-11/h3,5-6,10H,4,7-9H2,1-2H3. The van der Waals surface area contributed by atoms with E-state index < -0.39 is 0 Å². The molecular formula is C14H18N2O. The van der Waals surface area contributed by atoms with Gasteiger partial charge in [-0.25, -0.2) is 0 Å². The molecule has 3 heteroatoms. The van der Waals surface area contributed by atoms with E-state index in [-0.39, 0.29) is 0 Å². The average Bonchev–Trinajstić information content (AvgIpc) is 2.97. The molecule has 0 aliphatic carbocycles.